The molecule has 4 aromatic rings. The first-order valence-electron chi connectivity index (χ1n) is 13.1. The smallest absolute Gasteiger partial charge is 0.295 e. The zero-order chi connectivity index (χ0) is 31.2. The number of benzene rings is 2. The molecule has 0 unspecified atom stereocenters. The minimum atomic E-state index is -4.92. The molecule has 5 rings (SSSR count). The van der Waals surface area contributed by atoms with E-state index in [9.17, 15) is 35.3 Å². The molecule has 0 saturated carbocycles. The van der Waals surface area contributed by atoms with Crippen LogP contribution in [0.15, 0.2) is 70.7 Å². The van der Waals surface area contributed by atoms with Gasteiger partial charge in [-0.3, -0.25) is 27.7 Å². The second-order valence-electron chi connectivity index (χ2n) is 10.2. The Morgan fingerprint density at radius 3 is 2.47 bits per heavy atom. The Bertz CT molecular complexity index is 1960. The van der Waals surface area contributed by atoms with Crippen LogP contribution in [-0.4, -0.2) is 64.9 Å². The van der Waals surface area contributed by atoms with Gasteiger partial charge >= 0.3 is 0 Å². The van der Waals surface area contributed by atoms with Crippen LogP contribution in [-0.2, 0) is 26.5 Å². The van der Waals surface area contributed by atoms with Gasteiger partial charge in [0.15, 0.2) is 9.84 Å². The molecule has 0 spiro atoms. The van der Waals surface area contributed by atoms with E-state index in [1.165, 1.54) is 34.9 Å². The molecule has 3 heterocycles. The lowest BCUT2D eigenvalue weighted by atomic mass is 9.97. The fourth-order valence-corrected chi connectivity index (χ4v) is 8.57. The largest absolute Gasteiger partial charge is 0.347 e. The average Bonchev–Trinajstić information content (AvgIpc) is 2.94. The number of anilines is 1. The molecule has 2 aromatic heterocycles. The summed E-state index contributed by atoms with van der Waals surface area (Å²) in [5, 5.41) is 3.16. The summed E-state index contributed by atoms with van der Waals surface area (Å²) in [5.41, 5.74) is 1.03. The summed E-state index contributed by atoms with van der Waals surface area (Å²) in [7, 11) is -11.7. The van der Waals surface area contributed by atoms with E-state index in [2.05, 4.69) is 15.3 Å². The topological polar surface area (TPSA) is 187 Å². The maximum absolute atomic E-state index is 13.6. The molecular formula is C28H30N4O8S3. The fraction of sp³-hybridized carbons (Fsp3) is 0.250. The molecule has 0 radical (unpaired) electrons. The number of hydrogen-bond donors (Lipinski definition) is 4. The second-order valence-corrected chi connectivity index (χ2v) is 15.7. The highest BCUT2D eigenvalue weighted by Crippen LogP contribution is 2.51. The van der Waals surface area contributed by atoms with Gasteiger partial charge in [-0.1, -0.05) is 18.2 Å². The third-order valence-corrected chi connectivity index (χ3v) is 11.2. The summed E-state index contributed by atoms with van der Waals surface area (Å²) >= 11 is 0. The molecule has 1 fully saturated rings. The van der Waals surface area contributed by atoms with Gasteiger partial charge < -0.3 is 5.32 Å². The molecule has 1 saturated heterocycles. The van der Waals surface area contributed by atoms with Crippen LogP contribution < -0.4 is 9.62 Å². The SMILES string of the molecule is Cc1cc(-c2c(C(=O)NCc3ccccc3S(C)(=O)=O)ncc3cccnc23)c(S(=O)(=O)O)cc1N1CCCCS1(O)O. The first-order chi connectivity index (χ1) is 20.2. The number of amides is 1. The zero-order valence-corrected chi connectivity index (χ0v) is 25.7. The van der Waals surface area contributed by atoms with Gasteiger partial charge in [0.05, 0.1) is 21.9 Å². The van der Waals surface area contributed by atoms with Crippen LogP contribution in [0.3, 0.4) is 0 Å². The number of nitrogens with one attached hydrogen (secondary N) is 1. The summed E-state index contributed by atoms with van der Waals surface area (Å²) in [6.45, 7) is 1.76. The molecule has 0 bridgehead atoms. The summed E-state index contributed by atoms with van der Waals surface area (Å²) in [6.07, 6.45) is 5.19. The average molecular weight is 647 g/mol. The lowest BCUT2D eigenvalue weighted by Gasteiger charge is -2.48. The highest BCUT2D eigenvalue weighted by molar-refractivity contribution is 8.25. The maximum Gasteiger partial charge on any atom is 0.295 e. The van der Waals surface area contributed by atoms with Gasteiger partial charge in [0.1, 0.15) is 10.6 Å². The van der Waals surface area contributed by atoms with Crippen molar-refractivity contribution >= 4 is 53.2 Å². The number of pyridine rings is 2. The Morgan fingerprint density at radius 2 is 1.77 bits per heavy atom. The van der Waals surface area contributed by atoms with Crippen LogP contribution in [0.4, 0.5) is 5.69 Å². The Hall–Kier alpha value is -3.60. The van der Waals surface area contributed by atoms with E-state index >= 15 is 0 Å². The van der Waals surface area contributed by atoms with Gasteiger partial charge in [-0.2, -0.15) is 8.42 Å². The van der Waals surface area contributed by atoms with Crippen molar-refractivity contribution < 1.29 is 35.3 Å². The molecule has 1 aliphatic rings. The number of hydrogen-bond acceptors (Lipinski definition) is 10. The van der Waals surface area contributed by atoms with Gasteiger partial charge in [0.25, 0.3) is 16.0 Å². The van der Waals surface area contributed by atoms with Gasteiger partial charge in [0.2, 0.25) is 0 Å². The lowest BCUT2D eigenvalue weighted by molar-refractivity contribution is 0.0946. The molecule has 2 aromatic carbocycles. The molecule has 0 aliphatic carbocycles. The Kier molecular flexibility index (Phi) is 8.24. The van der Waals surface area contributed by atoms with Crippen molar-refractivity contribution in [3.05, 3.63) is 77.7 Å². The van der Waals surface area contributed by atoms with E-state index in [4.69, 9.17) is 0 Å². The van der Waals surface area contributed by atoms with Crippen LogP contribution in [0.2, 0.25) is 0 Å². The van der Waals surface area contributed by atoms with E-state index in [1.807, 2.05) is 0 Å². The number of sulfone groups is 1. The van der Waals surface area contributed by atoms with Crippen molar-refractivity contribution in [2.45, 2.75) is 36.1 Å². The predicted molar refractivity (Wildman–Crippen MR) is 165 cm³/mol. The van der Waals surface area contributed by atoms with Crippen LogP contribution in [0, 0.1) is 6.92 Å². The van der Waals surface area contributed by atoms with Crippen LogP contribution in [0.5, 0.6) is 0 Å². The van der Waals surface area contributed by atoms with Crippen LogP contribution >= 0.6 is 10.8 Å². The molecule has 228 valence electrons. The molecule has 12 nitrogen and oxygen atoms in total. The third kappa shape index (κ3) is 6.23. The van der Waals surface area contributed by atoms with Gasteiger partial charge in [-0.15, -0.1) is 10.8 Å². The number of rotatable bonds is 7. The molecule has 1 amide bonds. The van der Waals surface area contributed by atoms with E-state index in [0.717, 1.165) is 6.26 Å². The summed E-state index contributed by atoms with van der Waals surface area (Å²) in [5.74, 6) is -0.613. The van der Waals surface area contributed by atoms with Crippen molar-refractivity contribution in [1.82, 2.24) is 15.3 Å². The number of carbonyl (C=O) groups excluding carboxylic acids is 1. The Labute approximate surface area is 251 Å². The first-order valence-corrected chi connectivity index (χ1v) is 18.1. The number of aromatic nitrogens is 2. The normalized spacial score (nSPS) is 16.2. The number of fused-ring (bicyclic) bond motifs is 1. The molecule has 43 heavy (non-hydrogen) atoms. The maximum atomic E-state index is 13.6. The Morgan fingerprint density at radius 1 is 1.02 bits per heavy atom. The predicted octanol–water partition coefficient (Wildman–Crippen LogP) is 4.45. The van der Waals surface area contributed by atoms with Crippen molar-refractivity contribution in [2.75, 3.05) is 22.9 Å². The lowest BCUT2D eigenvalue weighted by Crippen LogP contribution is -2.35. The third-order valence-electron chi connectivity index (χ3n) is 7.17. The quantitative estimate of drug-likeness (QED) is 0.208. The fourth-order valence-electron chi connectivity index (χ4n) is 5.18. The molecule has 1 aliphatic heterocycles. The zero-order valence-electron chi connectivity index (χ0n) is 23.3. The minimum Gasteiger partial charge on any atom is -0.347 e. The molecule has 15 heteroatoms. The first kappa shape index (κ1) is 30.8. The summed E-state index contributed by atoms with van der Waals surface area (Å²) in [6, 6.07) is 12.2. The molecule has 0 atom stereocenters. The van der Waals surface area contributed by atoms with E-state index in [1.54, 1.807) is 37.3 Å². The van der Waals surface area contributed by atoms with Crippen molar-refractivity contribution in [3.63, 3.8) is 0 Å². The number of carbonyl (C=O) groups is 1. The van der Waals surface area contributed by atoms with Gasteiger partial charge in [0, 0.05) is 48.3 Å². The van der Waals surface area contributed by atoms with E-state index in [0.29, 0.717) is 29.4 Å². The standard InChI is InChI=1S/C28H30N4O8S3/c1-18-14-21(24(43(38,39)40)15-22(18)32-12-5-6-13-42(32,36)37)25-26-20(9-7-11-29-26)17-30-27(25)28(33)31-16-19-8-3-4-10-23(19)41(2,34)35/h3-4,7-11,14-15,17,36-37H,5-6,12-13,16H2,1-2H3,(H,31,33)(H,38,39,40). The van der Waals surface area contributed by atoms with Crippen molar-refractivity contribution in [1.29, 1.82) is 0 Å². The second kappa shape index (κ2) is 11.5. The number of nitrogens with zero attached hydrogens (tertiary/aromatic N) is 3. The molecule has 4 N–H and O–H groups in total. The summed E-state index contributed by atoms with van der Waals surface area (Å²) in [4.78, 5) is 21.8. The highest BCUT2D eigenvalue weighted by Gasteiger charge is 2.32. The monoisotopic (exact) mass is 646 g/mol. The number of aryl methyl sites for hydroxylation is 1. The van der Waals surface area contributed by atoms with Crippen molar-refractivity contribution in [2.24, 2.45) is 0 Å². The van der Waals surface area contributed by atoms with E-state index < -0.39 is 41.5 Å². The molecular weight excluding hydrogens is 617 g/mol. The highest BCUT2D eigenvalue weighted by atomic mass is 32.3. The van der Waals surface area contributed by atoms with E-state index in [-0.39, 0.29) is 51.8 Å². The minimum absolute atomic E-state index is 0.0273. The van der Waals surface area contributed by atoms with Gasteiger partial charge in [-0.25, -0.2) is 13.4 Å². The summed E-state index contributed by atoms with van der Waals surface area (Å²) < 4.78 is 83.3. The van der Waals surface area contributed by atoms with Crippen LogP contribution in [0.1, 0.15) is 34.5 Å². The van der Waals surface area contributed by atoms with Crippen molar-refractivity contribution in [3.8, 4) is 11.1 Å². The van der Waals surface area contributed by atoms with Crippen LogP contribution in [0.25, 0.3) is 22.0 Å². The Balaban J connectivity index is 1.68. The van der Waals surface area contributed by atoms with Gasteiger partial charge in [-0.05, 0) is 61.2 Å².